The molecule has 0 bridgehead atoms. The van der Waals surface area contributed by atoms with Crippen molar-refractivity contribution in [1.82, 2.24) is 9.36 Å². The van der Waals surface area contributed by atoms with Crippen molar-refractivity contribution >= 4 is 22.6 Å². The molecule has 2 rings (SSSR count). The van der Waals surface area contributed by atoms with Crippen molar-refractivity contribution in [2.75, 3.05) is 11.1 Å². The van der Waals surface area contributed by atoms with E-state index >= 15 is 0 Å². The number of anilines is 2. The zero-order valence-electron chi connectivity index (χ0n) is 8.30. The molecule has 0 aliphatic rings. The predicted octanol–water partition coefficient (Wildman–Crippen LogP) is 1.76. The van der Waals surface area contributed by atoms with Gasteiger partial charge in [0.05, 0.1) is 6.26 Å². The number of nitrogens with two attached hydrogens (primary N) is 1. The lowest BCUT2D eigenvalue weighted by Crippen LogP contribution is -2.17. The highest BCUT2D eigenvalue weighted by Gasteiger charge is 2.08. The summed E-state index contributed by atoms with van der Waals surface area (Å²) in [6, 6.07) is 4.07. The number of nitrogens with one attached hydrogen (secondary N) is 1. The lowest BCUT2D eigenvalue weighted by atomic mass is 10.2. The minimum Gasteiger partial charge on any atom is -0.469 e. The minimum atomic E-state index is 0.239. The van der Waals surface area contributed by atoms with Gasteiger partial charge in [0.1, 0.15) is 5.76 Å². The summed E-state index contributed by atoms with van der Waals surface area (Å²) in [6.07, 6.45) is 2.48. The molecular formula is C9H12N4OS. The zero-order valence-corrected chi connectivity index (χ0v) is 9.12. The minimum absolute atomic E-state index is 0.239. The van der Waals surface area contributed by atoms with Crippen molar-refractivity contribution < 1.29 is 4.42 Å². The van der Waals surface area contributed by atoms with E-state index in [9.17, 15) is 0 Å². The fraction of sp³-hybridized carbons (Fsp3) is 0.333. The van der Waals surface area contributed by atoms with E-state index in [1.165, 1.54) is 11.5 Å². The van der Waals surface area contributed by atoms with Gasteiger partial charge in [-0.3, -0.25) is 0 Å². The van der Waals surface area contributed by atoms with Crippen molar-refractivity contribution in [3.05, 3.63) is 24.2 Å². The van der Waals surface area contributed by atoms with Gasteiger partial charge < -0.3 is 15.5 Å². The summed E-state index contributed by atoms with van der Waals surface area (Å²) >= 11 is 1.26. The number of hydrogen-bond donors (Lipinski definition) is 2. The number of aromatic nitrogens is 2. The maximum absolute atomic E-state index is 5.42. The molecule has 0 saturated heterocycles. The molecule has 1 atom stereocenters. The van der Waals surface area contributed by atoms with Crippen molar-refractivity contribution in [3.8, 4) is 0 Å². The molecule has 80 valence electrons. The van der Waals surface area contributed by atoms with Crippen molar-refractivity contribution in [2.24, 2.45) is 0 Å². The molecule has 0 saturated carbocycles. The van der Waals surface area contributed by atoms with Crippen molar-refractivity contribution in [3.63, 3.8) is 0 Å². The van der Waals surface area contributed by atoms with Crippen molar-refractivity contribution in [1.29, 1.82) is 0 Å². The first-order chi connectivity index (χ1) is 7.24. The Morgan fingerprint density at radius 1 is 1.67 bits per heavy atom. The summed E-state index contributed by atoms with van der Waals surface area (Å²) in [7, 11) is 0. The van der Waals surface area contributed by atoms with Crippen LogP contribution in [0.3, 0.4) is 0 Å². The van der Waals surface area contributed by atoms with Crippen LogP contribution in [-0.4, -0.2) is 15.4 Å². The van der Waals surface area contributed by atoms with Crippen LogP contribution in [0.2, 0.25) is 0 Å². The van der Waals surface area contributed by atoms with Gasteiger partial charge in [0.25, 0.3) is 0 Å². The fourth-order valence-corrected chi connectivity index (χ4v) is 1.89. The van der Waals surface area contributed by atoms with E-state index in [-0.39, 0.29) is 6.04 Å². The first-order valence-corrected chi connectivity index (χ1v) is 5.39. The lowest BCUT2D eigenvalue weighted by molar-refractivity contribution is 0.498. The Labute approximate surface area is 91.5 Å². The Bertz CT molecular complexity index is 411. The normalized spacial score (nSPS) is 12.6. The van der Waals surface area contributed by atoms with Gasteiger partial charge in [-0.1, -0.05) is 0 Å². The summed E-state index contributed by atoms with van der Waals surface area (Å²) in [5.41, 5.74) is 5.42. The smallest absolute Gasteiger partial charge is 0.233 e. The number of furan rings is 1. The van der Waals surface area contributed by atoms with Gasteiger partial charge in [-0.2, -0.15) is 9.36 Å². The van der Waals surface area contributed by atoms with Crippen LogP contribution in [0, 0.1) is 0 Å². The molecule has 0 aliphatic heterocycles. The number of nitrogen functional groups attached to an aromatic ring is 1. The third-order valence-electron chi connectivity index (χ3n) is 1.90. The molecule has 2 aromatic rings. The Morgan fingerprint density at radius 3 is 3.13 bits per heavy atom. The van der Waals surface area contributed by atoms with Gasteiger partial charge in [0.2, 0.25) is 11.1 Å². The Kier molecular flexibility index (Phi) is 2.86. The van der Waals surface area contributed by atoms with Gasteiger partial charge in [-0.25, -0.2) is 0 Å². The number of nitrogens with zero attached hydrogens (tertiary/aromatic N) is 2. The maximum atomic E-state index is 5.42. The maximum Gasteiger partial charge on any atom is 0.233 e. The van der Waals surface area contributed by atoms with Gasteiger partial charge >= 0.3 is 0 Å². The summed E-state index contributed by atoms with van der Waals surface area (Å²) < 4.78 is 9.14. The molecule has 15 heavy (non-hydrogen) atoms. The van der Waals surface area contributed by atoms with E-state index in [0.717, 1.165) is 17.3 Å². The van der Waals surface area contributed by atoms with E-state index < -0.39 is 0 Å². The van der Waals surface area contributed by atoms with E-state index in [1.54, 1.807) is 6.26 Å². The predicted molar refractivity (Wildman–Crippen MR) is 59.8 cm³/mol. The van der Waals surface area contributed by atoms with Crippen molar-refractivity contribution in [2.45, 2.75) is 19.4 Å². The Morgan fingerprint density at radius 2 is 2.53 bits per heavy atom. The van der Waals surface area contributed by atoms with Crippen LogP contribution < -0.4 is 11.1 Å². The average molecular weight is 224 g/mol. The van der Waals surface area contributed by atoms with E-state index in [0.29, 0.717) is 5.95 Å². The Hall–Kier alpha value is -1.56. The molecule has 0 aromatic carbocycles. The second-order valence-corrected chi connectivity index (χ2v) is 4.04. The summed E-state index contributed by atoms with van der Waals surface area (Å²) in [6.45, 7) is 2.06. The molecule has 0 aliphatic carbocycles. The number of hydrogen-bond acceptors (Lipinski definition) is 6. The quantitative estimate of drug-likeness (QED) is 0.827. The molecule has 0 fully saturated rings. The third-order valence-corrected chi connectivity index (χ3v) is 2.56. The second-order valence-electron chi connectivity index (χ2n) is 3.29. The third kappa shape index (κ3) is 2.69. The molecular weight excluding hydrogens is 212 g/mol. The number of rotatable bonds is 4. The topological polar surface area (TPSA) is 77.0 Å². The lowest BCUT2D eigenvalue weighted by Gasteiger charge is -2.09. The van der Waals surface area contributed by atoms with Gasteiger partial charge in [0, 0.05) is 24.0 Å². The molecule has 0 radical (unpaired) electrons. The Balaban J connectivity index is 1.90. The largest absolute Gasteiger partial charge is 0.469 e. The van der Waals surface area contributed by atoms with Crippen LogP contribution in [0.15, 0.2) is 22.8 Å². The highest BCUT2D eigenvalue weighted by atomic mass is 32.1. The fourth-order valence-electron chi connectivity index (χ4n) is 1.29. The van der Waals surface area contributed by atoms with Crippen LogP contribution in [0.4, 0.5) is 11.1 Å². The molecule has 1 unspecified atom stereocenters. The first-order valence-electron chi connectivity index (χ1n) is 4.62. The van der Waals surface area contributed by atoms with Crippen LogP contribution in [0.25, 0.3) is 0 Å². The molecule has 0 amide bonds. The van der Waals surface area contributed by atoms with Gasteiger partial charge in [-0.15, -0.1) is 0 Å². The standard InChI is InChI=1S/C9H12N4OS/c1-6(5-7-3-2-4-14-7)11-9-12-8(10)13-15-9/h2-4,6H,5H2,1H3,(H3,10,11,12,13). The van der Waals surface area contributed by atoms with E-state index in [1.807, 2.05) is 12.1 Å². The SMILES string of the molecule is CC(Cc1ccco1)Nc1nc(N)ns1. The van der Waals surface area contributed by atoms with E-state index in [2.05, 4.69) is 21.6 Å². The molecule has 2 heterocycles. The van der Waals surface area contributed by atoms with Gasteiger partial charge in [-0.05, 0) is 19.1 Å². The van der Waals surface area contributed by atoms with E-state index in [4.69, 9.17) is 10.2 Å². The van der Waals surface area contributed by atoms with Crippen LogP contribution >= 0.6 is 11.5 Å². The van der Waals surface area contributed by atoms with Gasteiger partial charge in [0.15, 0.2) is 0 Å². The summed E-state index contributed by atoms with van der Waals surface area (Å²) in [5, 5.41) is 3.95. The zero-order chi connectivity index (χ0) is 10.7. The summed E-state index contributed by atoms with van der Waals surface area (Å²) in [4.78, 5) is 4.02. The first kappa shape index (κ1) is 9.97. The monoisotopic (exact) mass is 224 g/mol. The highest BCUT2D eigenvalue weighted by molar-refractivity contribution is 7.09. The molecule has 0 spiro atoms. The molecule has 2 aromatic heterocycles. The summed E-state index contributed by atoms with van der Waals surface area (Å²) in [5.74, 6) is 1.26. The molecule has 3 N–H and O–H groups in total. The average Bonchev–Trinajstić information content (AvgIpc) is 2.77. The molecule has 5 nitrogen and oxygen atoms in total. The highest BCUT2D eigenvalue weighted by Crippen LogP contribution is 2.14. The van der Waals surface area contributed by atoms with Crippen LogP contribution in [0.1, 0.15) is 12.7 Å². The second kappa shape index (κ2) is 4.31. The molecule has 6 heteroatoms. The van der Waals surface area contributed by atoms with Crippen LogP contribution in [0.5, 0.6) is 0 Å². The van der Waals surface area contributed by atoms with Crippen LogP contribution in [-0.2, 0) is 6.42 Å².